The molecule has 0 fully saturated rings. The predicted molar refractivity (Wildman–Crippen MR) is 73.7 cm³/mol. The lowest BCUT2D eigenvalue weighted by atomic mass is 10.4. The van der Waals surface area contributed by atoms with Crippen molar-refractivity contribution in [1.82, 2.24) is 0 Å². The molecule has 6 N–H and O–H groups in total. The number of hydrogen-bond acceptors (Lipinski definition) is 6. The third-order valence-electron chi connectivity index (χ3n) is 0.945. The predicted octanol–water partition coefficient (Wildman–Crippen LogP) is -0.897. The first-order valence-corrected chi connectivity index (χ1v) is 5.08. The van der Waals surface area contributed by atoms with Crippen molar-refractivity contribution in [3.05, 3.63) is 38.0 Å². The van der Waals surface area contributed by atoms with E-state index in [0.717, 1.165) is 18.2 Å². The number of carboxylic acid groups (broad SMARTS) is 3. The number of carbonyl (C=O) groups is 3. The van der Waals surface area contributed by atoms with Crippen LogP contribution in [-0.4, -0.2) is 67.9 Å². The van der Waals surface area contributed by atoms with Gasteiger partial charge in [0.25, 0.3) is 0 Å². The number of carboxylic acids is 3. The van der Waals surface area contributed by atoms with E-state index in [1.807, 2.05) is 0 Å². The van der Waals surface area contributed by atoms with Crippen LogP contribution >= 0.6 is 0 Å². The molecule has 9 nitrogen and oxygen atoms in total. The van der Waals surface area contributed by atoms with Crippen molar-refractivity contribution in [2.75, 3.05) is 13.2 Å². The number of aliphatic hydroxyl groups is 3. The van der Waals surface area contributed by atoms with E-state index in [1.54, 1.807) is 0 Å². The molecule has 0 aliphatic carbocycles. The van der Waals surface area contributed by atoms with Crippen LogP contribution in [0.1, 0.15) is 0 Å². The largest absolute Gasteiger partial charge is 0.478 e. The van der Waals surface area contributed by atoms with E-state index < -0.39 is 24.0 Å². The quantitative estimate of drug-likeness (QED) is 0.352. The highest BCUT2D eigenvalue weighted by atomic mass is 16.4. The van der Waals surface area contributed by atoms with Crippen LogP contribution < -0.4 is 0 Å². The van der Waals surface area contributed by atoms with Gasteiger partial charge in [-0.25, -0.2) is 14.4 Å². The molecule has 0 rings (SSSR count). The Morgan fingerprint density at radius 1 is 0.762 bits per heavy atom. The van der Waals surface area contributed by atoms with Gasteiger partial charge in [0.05, 0.1) is 13.2 Å². The van der Waals surface area contributed by atoms with Gasteiger partial charge in [-0.3, -0.25) is 0 Å². The average molecular weight is 308 g/mol. The summed E-state index contributed by atoms with van der Waals surface area (Å²) >= 11 is 0. The van der Waals surface area contributed by atoms with Crippen LogP contribution in [0.4, 0.5) is 0 Å². The van der Waals surface area contributed by atoms with Gasteiger partial charge in [0.2, 0.25) is 0 Å². The van der Waals surface area contributed by atoms with Gasteiger partial charge in [-0.15, -0.1) is 0 Å². The van der Waals surface area contributed by atoms with Gasteiger partial charge in [0.15, 0.2) is 0 Å². The topological polar surface area (TPSA) is 173 Å². The van der Waals surface area contributed by atoms with Crippen LogP contribution in [0.3, 0.4) is 0 Å². The molecule has 0 amide bonds. The maximum atomic E-state index is 9.25. The highest BCUT2D eigenvalue weighted by Crippen LogP contribution is 1.71. The van der Waals surface area contributed by atoms with Crippen LogP contribution in [0.25, 0.3) is 0 Å². The first kappa shape index (κ1) is 27.0. The molecule has 0 unspecified atom stereocenters. The minimum atomic E-state index is -0.981. The van der Waals surface area contributed by atoms with E-state index in [2.05, 4.69) is 19.7 Å². The number of rotatable bonds is 5. The maximum absolute atomic E-state index is 9.25. The van der Waals surface area contributed by atoms with Crippen molar-refractivity contribution in [2.24, 2.45) is 0 Å². The van der Waals surface area contributed by atoms with Gasteiger partial charge < -0.3 is 30.6 Å². The molecule has 9 heteroatoms. The maximum Gasteiger partial charge on any atom is 0.327 e. The van der Waals surface area contributed by atoms with Gasteiger partial charge in [0, 0.05) is 18.2 Å². The van der Waals surface area contributed by atoms with Crippen molar-refractivity contribution in [3.8, 4) is 0 Å². The van der Waals surface area contributed by atoms with Gasteiger partial charge in [-0.2, -0.15) is 0 Å². The summed E-state index contributed by atoms with van der Waals surface area (Å²) in [7, 11) is 0. The van der Waals surface area contributed by atoms with E-state index in [9.17, 15) is 14.4 Å². The van der Waals surface area contributed by atoms with Crippen LogP contribution in [0.5, 0.6) is 0 Å². The normalized spacial score (nSPS) is 7.43. The van der Waals surface area contributed by atoms with Crippen LogP contribution in [0, 0.1) is 0 Å². The van der Waals surface area contributed by atoms with Gasteiger partial charge in [0.1, 0.15) is 6.10 Å². The summed E-state index contributed by atoms with van der Waals surface area (Å²) in [6.07, 6.45) is 1.55. The van der Waals surface area contributed by atoms with E-state index in [4.69, 9.17) is 30.6 Å². The van der Waals surface area contributed by atoms with Crippen molar-refractivity contribution < 1.29 is 45.0 Å². The molecule has 0 bridgehead atoms. The molecule has 0 saturated heterocycles. The Labute approximate surface area is 121 Å². The third-order valence-corrected chi connectivity index (χ3v) is 0.945. The first-order valence-electron chi connectivity index (χ1n) is 5.08. The molecule has 0 aromatic carbocycles. The Balaban J connectivity index is -0.0000000921. The fourth-order valence-electron chi connectivity index (χ4n) is 0.0577. The summed E-state index contributed by atoms with van der Waals surface area (Å²) in [6, 6.07) is 0. The Morgan fingerprint density at radius 2 is 0.905 bits per heavy atom. The van der Waals surface area contributed by atoms with E-state index in [-0.39, 0.29) is 13.2 Å². The SMILES string of the molecule is C=CC(=O)O.C=CC(=O)O.C=CC(=O)O.OCC(O)CO. The summed E-state index contributed by atoms with van der Waals surface area (Å²) in [5, 5.41) is 46.8. The molecule has 0 aliphatic rings. The molecule has 0 heterocycles. The van der Waals surface area contributed by atoms with Crippen molar-refractivity contribution >= 4 is 17.9 Å². The Bertz CT molecular complexity index is 276. The number of hydrogen-bond donors (Lipinski definition) is 6. The summed E-state index contributed by atoms with van der Waals surface area (Å²) in [6.45, 7) is 8.15. The minimum absolute atomic E-state index is 0.365. The fraction of sp³-hybridized carbons (Fsp3) is 0.250. The fourth-order valence-corrected chi connectivity index (χ4v) is 0.0577. The number of aliphatic hydroxyl groups excluding tert-OH is 3. The molecule has 0 saturated carbocycles. The Kier molecular flexibility index (Phi) is 29.1. The molecular weight excluding hydrogens is 288 g/mol. The zero-order valence-electron chi connectivity index (χ0n) is 11.3. The molecule has 21 heavy (non-hydrogen) atoms. The molecule has 0 radical (unpaired) electrons. The lowest BCUT2D eigenvalue weighted by molar-refractivity contribution is -0.132. The summed E-state index contributed by atoms with van der Waals surface area (Å²) in [5.41, 5.74) is 0. The number of aliphatic carboxylic acids is 3. The molecule has 0 aromatic rings. The molecule has 0 atom stereocenters. The lowest BCUT2D eigenvalue weighted by Crippen LogP contribution is -2.15. The summed E-state index contributed by atoms with van der Waals surface area (Å²) in [5.74, 6) is -2.94. The van der Waals surface area contributed by atoms with E-state index >= 15 is 0 Å². The second kappa shape index (κ2) is 22.7. The Morgan fingerprint density at radius 3 is 0.905 bits per heavy atom. The summed E-state index contributed by atoms with van der Waals surface area (Å²) in [4.78, 5) is 27.8. The van der Waals surface area contributed by atoms with Gasteiger partial charge >= 0.3 is 17.9 Å². The molecule has 0 aliphatic heterocycles. The smallest absolute Gasteiger partial charge is 0.327 e. The first-order chi connectivity index (χ1) is 9.62. The Hall–Kier alpha value is -2.49. The van der Waals surface area contributed by atoms with Crippen LogP contribution in [-0.2, 0) is 14.4 Å². The van der Waals surface area contributed by atoms with Gasteiger partial charge in [-0.05, 0) is 0 Å². The van der Waals surface area contributed by atoms with Crippen LogP contribution in [0.15, 0.2) is 38.0 Å². The van der Waals surface area contributed by atoms with Crippen LogP contribution in [0.2, 0.25) is 0 Å². The second-order valence-electron chi connectivity index (χ2n) is 2.65. The second-order valence-corrected chi connectivity index (χ2v) is 2.65. The molecular formula is C12H20O9. The van der Waals surface area contributed by atoms with Crippen molar-refractivity contribution in [1.29, 1.82) is 0 Å². The standard InChI is InChI=1S/C3H8O3.3C3H4O2/c4-1-3(6)2-5;3*1-2-3(4)5/h3-6H,1-2H2;3*2H,1H2,(H,4,5). The third kappa shape index (κ3) is 74.7. The zero-order chi connectivity index (χ0) is 17.8. The zero-order valence-corrected chi connectivity index (χ0v) is 11.3. The average Bonchev–Trinajstić information content (AvgIpc) is 2.47. The van der Waals surface area contributed by atoms with Crippen molar-refractivity contribution in [2.45, 2.75) is 6.10 Å². The lowest BCUT2D eigenvalue weighted by Gasteiger charge is -1.96. The molecule has 0 aromatic heterocycles. The van der Waals surface area contributed by atoms with Crippen molar-refractivity contribution in [3.63, 3.8) is 0 Å². The highest BCUT2D eigenvalue weighted by molar-refractivity contribution is 5.79. The highest BCUT2D eigenvalue weighted by Gasteiger charge is 1.93. The molecule has 122 valence electrons. The van der Waals surface area contributed by atoms with Gasteiger partial charge in [-0.1, -0.05) is 19.7 Å². The monoisotopic (exact) mass is 308 g/mol. The minimum Gasteiger partial charge on any atom is -0.478 e. The molecule has 0 spiro atoms. The summed E-state index contributed by atoms with van der Waals surface area (Å²) < 4.78 is 0. The van der Waals surface area contributed by atoms with E-state index in [0.29, 0.717) is 0 Å². The van der Waals surface area contributed by atoms with E-state index in [1.165, 1.54) is 0 Å².